The summed E-state index contributed by atoms with van der Waals surface area (Å²) < 4.78 is 1.78. The van der Waals surface area contributed by atoms with E-state index in [-0.39, 0.29) is 11.9 Å². The van der Waals surface area contributed by atoms with Gasteiger partial charge in [-0.2, -0.15) is 5.10 Å². The number of hydrogen-bond acceptors (Lipinski definition) is 4. The minimum absolute atomic E-state index is 0.0562. The van der Waals surface area contributed by atoms with Crippen LogP contribution in [0.4, 0.5) is 0 Å². The van der Waals surface area contributed by atoms with E-state index >= 15 is 0 Å². The zero-order valence-corrected chi connectivity index (χ0v) is 13.0. The molecule has 3 heterocycles. The molecule has 3 rings (SSSR count). The number of carbonyl (C=O) groups is 1. The van der Waals surface area contributed by atoms with Crippen LogP contribution in [0.1, 0.15) is 34.6 Å². The second-order valence-electron chi connectivity index (χ2n) is 5.74. The molecule has 0 saturated carbocycles. The molecule has 22 heavy (non-hydrogen) atoms. The predicted octanol–water partition coefficient (Wildman–Crippen LogP) is 1.37. The average Bonchev–Trinajstić information content (AvgIpc) is 2.87. The average molecular weight is 299 g/mol. The van der Waals surface area contributed by atoms with Gasteiger partial charge in [0.2, 0.25) is 0 Å². The summed E-state index contributed by atoms with van der Waals surface area (Å²) >= 11 is 0. The second-order valence-corrected chi connectivity index (χ2v) is 5.74. The third-order valence-electron chi connectivity index (χ3n) is 3.91. The minimum Gasteiger partial charge on any atom is -0.349 e. The van der Waals surface area contributed by atoms with Gasteiger partial charge in [0.25, 0.3) is 5.91 Å². The molecule has 6 heteroatoms. The van der Waals surface area contributed by atoms with Crippen LogP contribution in [0.3, 0.4) is 0 Å². The first kappa shape index (κ1) is 14.7. The Labute approximate surface area is 129 Å². The number of aromatic nitrogens is 3. The highest BCUT2D eigenvalue weighted by Crippen LogP contribution is 2.11. The Morgan fingerprint density at radius 2 is 2.09 bits per heavy atom. The lowest BCUT2D eigenvalue weighted by atomic mass is 10.1. The number of amides is 1. The fraction of sp³-hybridized carbons (Fsp3) is 0.438. The quantitative estimate of drug-likeness (QED) is 0.898. The Morgan fingerprint density at radius 1 is 1.32 bits per heavy atom. The van der Waals surface area contributed by atoms with Crippen molar-refractivity contribution >= 4 is 5.91 Å². The highest BCUT2D eigenvalue weighted by molar-refractivity contribution is 5.94. The minimum atomic E-state index is -0.0562. The van der Waals surface area contributed by atoms with Gasteiger partial charge in [0.15, 0.2) is 5.82 Å². The van der Waals surface area contributed by atoms with Gasteiger partial charge in [-0.1, -0.05) is 0 Å². The van der Waals surface area contributed by atoms with Crippen molar-refractivity contribution in [3.05, 3.63) is 41.3 Å². The first-order valence-electron chi connectivity index (χ1n) is 7.65. The molecule has 0 bridgehead atoms. The van der Waals surface area contributed by atoms with Gasteiger partial charge in [0.05, 0.1) is 11.3 Å². The summed E-state index contributed by atoms with van der Waals surface area (Å²) in [5.41, 5.74) is 2.56. The van der Waals surface area contributed by atoms with Gasteiger partial charge < -0.3 is 10.6 Å². The SMILES string of the molecule is Cc1cc(C)n(-c2ccc(C(=O)NC3CCNCC3)cn2)n1. The van der Waals surface area contributed by atoms with Crippen molar-refractivity contribution in [3.63, 3.8) is 0 Å². The highest BCUT2D eigenvalue weighted by Gasteiger charge is 2.16. The fourth-order valence-electron chi connectivity index (χ4n) is 2.74. The molecule has 2 N–H and O–H groups in total. The van der Waals surface area contributed by atoms with E-state index in [1.807, 2.05) is 26.0 Å². The van der Waals surface area contributed by atoms with Crippen molar-refractivity contribution in [2.45, 2.75) is 32.7 Å². The van der Waals surface area contributed by atoms with Crippen LogP contribution in [-0.4, -0.2) is 39.8 Å². The first-order valence-corrected chi connectivity index (χ1v) is 7.65. The Kier molecular flexibility index (Phi) is 4.20. The maximum absolute atomic E-state index is 12.2. The number of hydrogen-bond donors (Lipinski definition) is 2. The van der Waals surface area contributed by atoms with Gasteiger partial charge in [-0.3, -0.25) is 4.79 Å². The number of pyridine rings is 1. The molecule has 0 unspecified atom stereocenters. The van der Waals surface area contributed by atoms with Crippen molar-refractivity contribution in [3.8, 4) is 5.82 Å². The molecule has 116 valence electrons. The second kappa shape index (κ2) is 6.27. The summed E-state index contributed by atoms with van der Waals surface area (Å²) in [6.07, 6.45) is 3.56. The lowest BCUT2D eigenvalue weighted by molar-refractivity contribution is 0.0929. The van der Waals surface area contributed by atoms with Gasteiger partial charge in [0, 0.05) is 17.9 Å². The molecule has 1 aliphatic rings. The van der Waals surface area contributed by atoms with E-state index < -0.39 is 0 Å². The maximum Gasteiger partial charge on any atom is 0.253 e. The van der Waals surface area contributed by atoms with Crippen LogP contribution in [0, 0.1) is 13.8 Å². The molecule has 1 aliphatic heterocycles. The Balaban J connectivity index is 1.70. The third kappa shape index (κ3) is 3.17. The summed E-state index contributed by atoms with van der Waals surface area (Å²) in [7, 11) is 0. The molecular formula is C16H21N5O. The van der Waals surface area contributed by atoms with Crippen LogP contribution in [0.5, 0.6) is 0 Å². The molecule has 0 radical (unpaired) electrons. The van der Waals surface area contributed by atoms with E-state index in [2.05, 4.69) is 20.7 Å². The summed E-state index contributed by atoms with van der Waals surface area (Å²) in [4.78, 5) is 16.6. The molecule has 1 fully saturated rings. The standard InChI is InChI=1S/C16H21N5O/c1-11-9-12(2)21(20-11)15-4-3-13(10-18-15)16(22)19-14-5-7-17-8-6-14/h3-4,9-10,14,17H,5-8H2,1-2H3,(H,19,22). The third-order valence-corrected chi connectivity index (χ3v) is 3.91. The van der Waals surface area contributed by atoms with Crippen molar-refractivity contribution < 1.29 is 4.79 Å². The fourth-order valence-corrected chi connectivity index (χ4v) is 2.74. The van der Waals surface area contributed by atoms with Gasteiger partial charge >= 0.3 is 0 Å². The van der Waals surface area contributed by atoms with Crippen LogP contribution in [0.25, 0.3) is 5.82 Å². The molecule has 2 aromatic rings. The van der Waals surface area contributed by atoms with E-state index in [9.17, 15) is 4.79 Å². The number of nitrogens with one attached hydrogen (secondary N) is 2. The molecule has 0 atom stereocenters. The van der Waals surface area contributed by atoms with Crippen molar-refractivity contribution in [2.24, 2.45) is 0 Å². The molecule has 0 aliphatic carbocycles. The number of carbonyl (C=O) groups excluding carboxylic acids is 1. The van der Waals surface area contributed by atoms with E-state index in [4.69, 9.17) is 0 Å². The topological polar surface area (TPSA) is 71.8 Å². The molecular weight excluding hydrogens is 278 g/mol. The first-order chi connectivity index (χ1) is 10.6. The monoisotopic (exact) mass is 299 g/mol. The van der Waals surface area contributed by atoms with Gasteiger partial charge in [-0.25, -0.2) is 9.67 Å². The molecule has 2 aromatic heterocycles. The van der Waals surface area contributed by atoms with Crippen LogP contribution in [-0.2, 0) is 0 Å². The molecule has 0 spiro atoms. The van der Waals surface area contributed by atoms with Gasteiger partial charge in [-0.15, -0.1) is 0 Å². The van der Waals surface area contributed by atoms with Gasteiger partial charge in [0.1, 0.15) is 0 Å². The lowest BCUT2D eigenvalue weighted by Gasteiger charge is -2.23. The largest absolute Gasteiger partial charge is 0.349 e. The van der Waals surface area contributed by atoms with Crippen molar-refractivity contribution in [1.29, 1.82) is 0 Å². The van der Waals surface area contributed by atoms with E-state index in [0.717, 1.165) is 43.1 Å². The normalized spacial score (nSPS) is 15.7. The summed E-state index contributed by atoms with van der Waals surface area (Å²) in [5.74, 6) is 0.670. The number of aryl methyl sites for hydroxylation is 2. The van der Waals surface area contributed by atoms with E-state index in [1.54, 1.807) is 16.9 Å². The zero-order valence-electron chi connectivity index (χ0n) is 13.0. The Morgan fingerprint density at radius 3 is 2.68 bits per heavy atom. The molecule has 1 saturated heterocycles. The van der Waals surface area contributed by atoms with Crippen molar-refractivity contribution in [2.75, 3.05) is 13.1 Å². The van der Waals surface area contributed by atoms with Crippen molar-refractivity contribution in [1.82, 2.24) is 25.4 Å². The van der Waals surface area contributed by atoms with E-state index in [0.29, 0.717) is 5.56 Å². The van der Waals surface area contributed by atoms with Crippen LogP contribution >= 0.6 is 0 Å². The smallest absolute Gasteiger partial charge is 0.253 e. The van der Waals surface area contributed by atoms with Crippen LogP contribution in [0.2, 0.25) is 0 Å². The zero-order chi connectivity index (χ0) is 15.5. The predicted molar refractivity (Wildman–Crippen MR) is 84.2 cm³/mol. The number of rotatable bonds is 3. The summed E-state index contributed by atoms with van der Waals surface area (Å²) in [5, 5.41) is 10.8. The summed E-state index contributed by atoms with van der Waals surface area (Å²) in [6, 6.07) is 5.88. The van der Waals surface area contributed by atoms with Crippen LogP contribution in [0.15, 0.2) is 24.4 Å². The molecule has 1 amide bonds. The Bertz CT molecular complexity index is 656. The number of piperidine rings is 1. The van der Waals surface area contributed by atoms with Crippen LogP contribution < -0.4 is 10.6 Å². The molecule has 6 nitrogen and oxygen atoms in total. The Hall–Kier alpha value is -2.21. The molecule has 0 aromatic carbocycles. The summed E-state index contributed by atoms with van der Waals surface area (Å²) in [6.45, 7) is 5.85. The maximum atomic E-state index is 12.2. The van der Waals surface area contributed by atoms with Gasteiger partial charge in [-0.05, 0) is 58.0 Å². The highest BCUT2D eigenvalue weighted by atomic mass is 16.1. The number of nitrogens with zero attached hydrogens (tertiary/aromatic N) is 3. The lowest BCUT2D eigenvalue weighted by Crippen LogP contribution is -2.42. The van der Waals surface area contributed by atoms with E-state index in [1.165, 1.54) is 0 Å².